The summed E-state index contributed by atoms with van der Waals surface area (Å²) in [6.07, 6.45) is 4.12. The first kappa shape index (κ1) is 14.2. The van der Waals surface area contributed by atoms with Crippen molar-refractivity contribution in [1.82, 2.24) is 4.98 Å². The van der Waals surface area contributed by atoms with Crippen molar-refractivity contribution in [3.05, 3.63) is 44.4 Å². The first-order valence-electron chi connectivity index (χ1n) is 8.28. The van der Waals surface area contributed by atoms with Crippen molar-refractivity contribution < 1.29 is 4.74 Å². The molecule has 2 fully saturated rings. The van der Waals surface area contributed by atoms with E-state index < -0.39 is 0 Å². The zero-order valence-corrected chi connectivity index (χ0v) is 14.6. The maximum absolute atomic E-state index is 12.0. The average molecular weight is 345 g/mol. The van der Waals surface area contributed by atoms with E-state index in [-0.39, 0.29) is 4.87 Å². The van der Waals surface area contributed by atoms with Gasteiger partial charge in [0.15, 0.2) is 0 Å². The van der Waals surface area contributed by atoms with E-state index in [1.54, 1.807) is 7.11 Å². The van der Waals surface area contributed by atoms with Crippen LogP contribution in [-0.2, 0) is 0 Å². The van der Waals surface area contributed by atoms with Gasteiger partial charge < -0.3 is 9.72 Å². The van der Waals surface area contributed by atoms with E-state index in [4.69, 9.17) is 4.74 Å². The molecule has 0 unspecified atom stereocenters. The van der Waals surface area contributed by atoms with Gasteiger partial charge in [0.05, 0.1) is 12.1 Å². The van der Waals surface area contributed by atoms with Gasteiger partial charge >= 0.3 is 4.87 Å². The summed E-state index contributed by atoms with van der Waals surface area (Å²) < 4.78 is 5.31. The fourth-order valence-corrected chi connectivity index (χ4v) is 7.93. The van der Waals surface area contributed by atoms with Crippen LogP contribution in [0.3, 0.4) is 0 Å². The van der Waals surface area contributed by atoms with Gasteiger partial charge in [-0.2, -0.15) is 0 Å². The summed E-state index contributed by atoms with van der Waals surface area (Å²) in [5.41, 5.74) is 1.34. The molecule has 3 nitrogen and oxygen atoms in total. The number of H-pyrrole nitrogens is 1. The minimum Gasteiger partial charge on any atom is -0.497 e. The normalized spacial score (nSPS) is 34.2. The maximum atomic E-state index is 12.0. The lowest BCUT2D eigenvalue weighted by Gasteiger charge is -2.40. The monoisotopic (exact) mass is 345 g/mol. The van der Waals surface area contributed by atoms with E-state index in [1.807, 2.05) is 23.9 Å². The van der Waals surface area contributed by atoms with Gasteiger partial charge in [-0.25, -0.2) is 0 Å². The van der Waals surface area contributed by atoms with Crippen molar-refractivity contribution in [1.29, 1.82) is 0 Å². The second-order valence-corrected chi connectivity index (χ2v) is 9.15. The fraction of sp³-hybridized carbons (Fsp3) is 0.500. The summed E-state index contributed by atoms with van der Waals surface area (Å²) in [7, 11) is 1.70. The van der Waals surface area contributed by atoms with Crippen molar-refractivity contribution in [2.75, 3.05) is 7.11 Å². The molecular weight excluding hydrogens is 326 g/mol. The van der Waals surface area contributed by atoms with E-state index in [0.29, 0.717) is 17.1 Å². The van der Waals surface area contributed by atoms with E-state index in [9.17, 15) is 4.79 Å². The van der Waals surface area contributed by atoms with Crippen molar-refractivity contribution >= 4 is 23.1 Å². The molecule has 23 heavy (non-hydrogen) atoms. The van der Waals surface area contributed by atoms with Gasteiger partial charge in [-0.3, -0.25) is 4.79 Å². The summed E-state index contributed by atoms with van der Waals surface area (Å²) in [5, 5.41) is 1.81. The van der Waals surface area contributed by atoms with Gasteiger partial charge in [-0.05, 0) is 54.7 Å². The lowest BCUT2D eigenvalue weighted by molar-refractivity contribution is 0.307. The van der Waals surface area contributed by atoms with E-state index in [2.05, 4.69) is 17.1 Å². The van der Waals surface area contributed by atoms with E-state index >= 15 is 0 Å². The Kier molecular flexibility index (Phi) is 3.17. The molecule has 2 aromatic rings. The number of hydrogen-bond acceptors (Lipinski definition) is 4. The predicted octanol–water partition coefficient (Wildman–Crippen LogP) is 4.10. The number of hydrogen-bond donors (Lipinski definition) is 1. The molecule has 0 saturated heterocycles. The molecule has 5 heteroatoms. The van der Waals surface area contributed by atoms with Crippen LogP contribution in [0.1, 0.15) is 35.6 Å². The van der Waals surface area contributed by atoms with Crippen molar-refractivity contribution in [3.63, 3.8) is 0 Å². The molecule has 1 aromatic carbocycles. The molecular formula is C18H19NO2S2. The number of rotatable bonds is 2. The second-order valence-electron chi connectivity index (χ2n) is 6.95. The molecule has 2 bridgehead atoms. The van der Waals surface area contributed by atoms with E-state index in [0.717, 1.165) is 22.6 Å². The van der Waals surface area contributed by atoms with Crippen LogP contribution in [0.5, 0.6) is 5.75 Å². The summed E-state index contributed by atoms with van der Waals surface area (Å²) in [5.74, 6) is 3.63. The molecule has 1 aliphatic heterocycles. The Morgan fingerprint density at radius 1 is 1.17 bits per heavy atom. The van der Waals surface area contributed by atoms with Crippen LogP contribution >= 0.6 is 23.1 Å². The number of nitrogens with one attached hydrogen (secondary N) is 1. The maximum Gasteiger partial charge on any atom is 0.305 e. The Morgan fingerprint density at radius 2 is 1.96 bits per heavy atom. The van der Waals surface area contributed by atoms with Crippen LogP contribution in [0, 0.1) is 17.8 Å². The van der Waals surface area contributed by atoms with E-state index in [1.165, 1.54) is 41.0 Å². The van der Waals surface area contributed by atoms with Crippen LogP contribution in [0.15, 0.2) is 34.1 Å². The van der Waals surface area contributed by atoms with Gasteiger partial charge in [0.2, 0.25) is 0 Å². The Morgan fingerprint density at radius 3 is 2.74 bits per heavy atom. The van der Waals surface area contributed by atoms with Gasteiger partial charge in [0, 0.05) is 16.0 Å². The van der Waals surface area contributed by atoms with Crippen molar-refractivity contribution in [3.8, 4) is 5.75 Å². The third-order valence-electron chi connectivity index (χ3n) is 5.94. The summed E-state index contributed by atoms with van der Waals surface area (Å²) in [4.78, 5) is 16.4. The molecule has 120 valence electrons. The van der Waals surface area contributed by atoms with Gasteiger partial charge in [-0.1, -0.05) is 23.5 Å². The quantitative estimate of drug-likeness (QED) is 0.891. The second kappa shape index (κ2) is 5.15. The highest BCUT2D eigenvalue weighted by Crippen LogP contribution is 2.63. The topological polar surface area (TPSA) is 42.1 Å². The van der Waals surface area contributed by atoms with Crippen LogP contribution in [0.25, 0.3) is 0 Å². The number of thiazole rings is 1. The Labute approximate surface area is 143 Å². The molecule has 3 aliphatic rings. The standard InChI is InChI=1S/C18H19NO2S2/c1-21-12-6-4-9(5-7-12)13-14-10-2-3-11(8-10)15(14)22-17-16(13)23-18(20)19-17/h4-7,10-11,13-15H,2-3,8H2,1H3,(H,19,20)/t10-,11-,13-,14+,15+/m0/s1. The number of ether oxygens (including phenoxy) is 1. The number of thioether (sulfide) groups is 1. The SMILES string of the molecule is COc1ccc([C@@H]2c3sc(=O)[nH]c3S[C@@H]3[C@H]4CC[C@@H](C4)[C@H]23)cc1. The number of fused-ring (bicyclic) bond motifs is 6. The number of methoxy groups -OCH3 is 1. The third-order valence-corrected chi connectivity index (χ3v) is 8.56. The Bertz CT molecular complexity index is 794. The molecule has 0 spiro atoms. The van der Waals surface area contributed by atoms with Gasteiger partial charge in [0.1, 0.15) is 5.75 Å². The highest BCUT2D eigenvalue weighted by atomic mass is 32.2. The lowest BCUT2D eigenvalue weighted by Crippen LogP contribution is -2.33. The highest BCUT2D eigenvalue weighted by molar-refractivity contribution is 8.00. The first-order valence-corrected chi connectivity index (χ1v) is 9.98. The molecule has 5 rings (SSSR count). The molecule has 1 N–H and O–H groups in total. The third kappa shape index (κ3) is 2.06. The van der Waals surface area contributed by atoms with Gasteiger partial charge in [-0.15, -0.1) is 11.8 Å². The van der Waals surface area contributed by atoms with Crippen molar-refractivity contribution in [2.24, 2.45) is 17.8 Å². The molecule has 2 aliphatic carbocycles. The predicted molar refractivity (Wildman–Crippen MR) is 93.7 cm³/mol. The highest BCUT2D eigenvalue weighted by Gasteiger charge is 2.54. The zero-order valence-electron chi connectivity index (χ0n) is 13.0. The molecule has 5 atom stereocenters. The number of aromatic nitrogens is 1. The summed E-state index contributed by atoms with van der Waals surface area (Å²) in [6.45, 7) is 0. The molecule has 2 heterocycles. The van der Waals surface area contributed by atoms with Crippen LogP contribution in [0.4, 0.5) is 0 Å². The minimum atomic E-state index is 0.0910. The van der Waals surface area contributed by atoms with Crippen molar-refractivity contribution in [2.45, 2.75) is 35.5 Å². The minimum absolute atomic E-state index is 0.0910. The lowest BCUT2D eigenvalue weighted by atomic mass is 9.75. The molecule has 0 radical (unpaired) electrons. The van der Waals surface area contributed by atoms with Crippen LogP contribution < -0.4 is 9.61 Å². The average Bonchev–Trinajstić information content (AvgIpc) is 3.26. The van der Waals surface area contributed by atoms with Gasteiger partial charge in [0.25, 0.3) is 0 Å². The smallest absolute Gasteiger partial charge is 0.305 e. The first-order chi connectivity index (χ1) is 11.2. The molecule has 1 aromatic heterocycles. The number of benzene rings is 1. The fourth-order valence-electron chi connectivity index (χ4n) is 5.03. The Hall–Kier alpha value is -1.20. The molecule has 2 saturated carbocycles. The molecule has 0 amide bonds. The summed E-state index contributed by atoms with van der Waals surface area (Å²) in [6, 6.07) is 8.48. The summed E-state index contributed by atoms with van der Waals surface area (Å²) >= 11 is 3.36. The largest absolute Gasteiger partial charge is 0.497 e. The zero-order chi connectivity index (χ0) is 15.6. The van der Waals surface area contributed by atoms with Crippen LogP contribution in [-0.4, -0.2) is 17.3 Å². The van der Waals surface area contributed by atoms with Crippen LogP contribution in [0.2, 0.25) is 0 Å². The number of aromatic amines is 1. The Balaban J connectivity index is 1.64.